The Labute approximate surface area is 324 Å². The summed E-state index contributed by atoms with van der Waals surface area (Å²) in [5.74, 6) is 0. The minimum Gasteiger partial charge on any atom is -0.338 e. The normalized spacial score (nSPS) is 13.0. The Balaban J connectivity index is 1.65. The van der Waals surface area contributed by atoms with E-state index in [-0.39, 0.29) is 10.8 Å². The molecule has 0 saturated heterocycles. The molecule has 0 aliphatic heterocycles. The molecule has 2 nitrogen and oxygen atoms in total. The fraction of sp³-hybridized carbons (Fsp3) is 0.234. The van der Waals surface area contributed by atoms with Crippen molar-refractivity contribution in [2.24, 2.45) is 5.41 Å². The molecule has 0 radical (unpaired) electrons. The van der Waals surface area contributed by atoms with Crippen molar-refractivity contribution in [3.63, 3.8) is 0 Å². The number of anilines is 4. The van der Waals surface area contributed by atoms with E-state index < -0.39 is 0 Å². The standard InChI is InChI=1S/C47H52Br2N2/c1-9-13-37(15-11-33-50(45-31-23-41(49)24-32-45)44-29-21-39(22-30-44)47(6,7)8)38-19-27-43(28-20-38)51(34-12-16-40(48)14-10-2)42-25-17-36(18-26-42)35-46(3,4)5/h9-33H,2,34-35H2,1,3-8H3/b13-9-,16-12-,33-11+,37-15+,40-14+. The number of allylic oxidation sites excluding steroid dienone is 9. The smallest absolute Gasteiger partial charge is 0.0456 e. The molecule has 0 aliphatic carbocycles. The highest BCUT2D eigenvalue weighted by molar-refractivity contribution is 9.12. The predicted molar refractivity (Wildman–Crippen MR) is 233 cm³/mol. The maximum atomic E-state index is 3.81. The van der Waals surface area contributed by atoms with Gasteiger partial charge in [0, 0.05) is 44.4 Å². The zero-order valence-electron chi connectivity index (χ0n) is 31.2. The third-order valence-corrected chi connectivity index (χ3v) is 9.37. The van der Waals surface area contributed by atoms with Gasteiger partial charge in [-0.05, 0) is 119 Å². The maximum absolute atomic E-state index is 3.81. The monoisotopic (exact) mass is 802 g/mol. The summed E-state index contributed by atoms with van der Waals surface area (Å²) < 4.78 is 2.05. The molecule has 0 heterocycles. The van der Waals surface area contributed by atoms with E-state index in [0.29, 0.717) is 0 Å². The topological polar surface area (TPSA) is 6.48 Å². The Morgan fingerprint density at radius 1 is 0.706 bits per heavy atom. The molecule has 0 aromatic heterocycles. The lowest BCUT2D eigenvalue weighted by Gasteiger charge is -2.25. The van der Waals surface area contributed by atoms with Crippen molar-refractivity contribution in [3.8, 4) is 0 Å². The molecular formula is C47H52Br2N2. The van der Waals surface area contributed by atoms with Gasteiger partial charge in [0.15, 0.2) is 0 Å². The molecule has 0 amide bonds. The van der Waals surface area contributed by atoms with Crippen molar-refractivity contribution in [1.29, 1.82) is 0 Å². The summed E-state index contributed by atoms with van der Waals surface area (Å²) in [4.78, 5) is 4.57. The summed E-state index contributed by atoms with van der Waals surface area (Å²) in [6.07, 6.45) is 19.7. The molecule has 4 heteroatoms. The Hall–Kier alpha value is -4.12. The van der Waals surface area contributed by atoms with Crippen molar-refractivity contribution < 1.29 is 0 Å². The van der Waals surface area contributed by atoms with Gasteiger partial charge in [0.2, 0.25) is 0 Å². The number of nitrogens with zero attached hydrogens (tertiary/aromatic N) is 2. The van der Waals surface area contributed by atoms with Crippen molar-refractivity contribution in [2.45, 2.75) is 60.3 Å². The Morgan fingerprint density at radius 2 is 1.25 bits per heavy atom. The SMILES string of the molecule is C=C/C=C(Br)\C=C/CN(c1ccc(CC(C)(C)C)cc1)c1ccc(C(/C=C\C)=C/C=C/N(c2ccc(Br)cc2)c2ccc(C(C)(C)C)cc2)cc1. The molecule has 264 valence electrons. The fourth-order valence-corrected chi connectivity index (χ4v) is 6.38. The minimum absolute atomic E-state index is 0.0980. The molecule has 51 heavy (non-hydrogen) atoms. The minimum atomic E-state index is 0.0980. The highest BCUT2D eigenvalue weighted by atomic mass is 79.9. The number of rotatable bonds is 13. The zero-order valence-corrected chi connectivity index (χ0v) is 34.4. The van der Waals surface area contributed by atoms with E-state index in [0.717, 1.165) is 55.8 Å². The van der Waals surface area contributed by atoms with Crippen LogP contribution in [0.5, 0.6) is 0 Å². The molecule has 0 saturated carbocycles. The molecule has 0 aliphatic rings. The van der Waals surface area contributed by atoms with Crippen molar-refractivity contribution in [2.75, 3.05) is 16.3 Å². The van der Waals surface area contributed by atoms with Crippen molar-refractivity contribution >= 4 is 60.2 Å². The highest BCUT2D eigenvalue weighted by Gasteiger charge is 2.15. The third kappa shape index (κ3) is 12.3. The number of hydrogen-bond acceptors (Lipinski definition) is 2. The largest absolute Gasteiger partial charge is 0.338 e. The molecular weight excluding hydrogens is 752 g/mol. The summed E-state index contributed by atoms with van der Waals surface area (Å²) in [6.45, 7) is 20.2. The lowest BCUT2D eigenvalue weighted by molar-refractivity contribution is 0.411. The maximum Gasteiger partial charge on any atom is 0.0456 e. The number of halogens is 2. The summed E-state index contributed by atoms with van der Waals surface area (Å²) in [7, 11) is 0. The first-order valence-electron chi connectivity index (χ1n) is 17.6. The van der Waals surface area contributed by atoms with Gasteiger partial charge >= 0.3 is 0 Å². The van der Waals surface area contributed by atoms with Gasteiger partial charge in [-0.1, -0.05) is 153 Å². The second-order valence-electron chi connectivity index (χ2n) is 14.9. The van der Waals surface area contributed by atoms with Crippen LogP contribution in [0.2, 0.25) is 0 Å². The summed E-state index contributed by atoms with van der Waals surface area (Å²) in [5.41, 5.74) is 9.78. The van der Waals surface area contributed by atoms with Crippen LogP contribution in [0.25, 0.3) is 5.57 Å². The lowest BCUT2D eigenvalue weighted by atomic mass is 9.87. The Bertz CT molecular complexity index is 1860. The average Bonchev–Trinajstić information content (AvgIpc) is 3.08. The zero-order chi connectivity index (χ0) is 37.0. The van der Waals surface area contributed by atoms with Gasteiger partial charge in [0.25, 0.3) is 0 Å². The molecule has 4 aromatic carbocycles. The van der Waals surface area contributed by atoms with E-state index in [1.807, 2.05) is 6.08 Å². The molecule has 4 rings (SSSR count). The van der Waals surface area contributed by atoms with E-state index in [1.54, 1.807) is 6.08 Å². The molecule has 0 bridgehead atoms. The highest BCUT2D eigenvalue weighted by Crippen LogP contribution is 2.32. The Morgan fingerprint density at radius 3 is 1.78 bits per heavy atom. The average molecular weight is 805 g/mol. The molecule has 0 N–H and O–H groups in total. The Kier molecular flexibility index (Phi) is 14.3. The second-order valence-corrected chi connectivity index (χ2v) is 16.7. The van der Waals surface area contributed by atoms with Gasteiger partial charge in [0.1, 0.15) is 0 Å². The van der Waals surface area contributed by atoms with Crippen LogP contribution in [0.3, 0.4) is 0 Å². The summed E-state index contributed by atoms with van der Waals surface area (Å²) >= 11 is 7.20. The second kappa shape index (κ2) is 18.4. The van der Waals surface area contributed by atoms with Crippen LogP contribution in [0.1, 0.15) is 65.2 Å². The molecule has 0 spiro atoms. The van der Waals surface area contributed by atoms with E-state index >= 15 is 0 Å². The van der Waals surface area contributed by atoms with Crippen LogP contribution in [0.4, 0.5) is 22.7 Å². The van der Waals surface area contributed by atoms with E-state index in [1.165, 1.54) is 11.1 Å². The van der Waals surface area contributed by atoms with Gasteiger partial charge in [-0.15, -0.1) is 0 Å². The van der Waals surface area contributed by atoms with Gasteiger partial charge in [-0.2, -0.15) is 0 Å². The van der Waals surface area contributed by atoms with Crippen LogP contribution in [-0.2, 0) is 11.8 Å². The summed E-state index contributed by atoms with van der Waals surface area (Å²) in [5, 5.41) is 0. The molecule has 0 atom stereocenters. The lowest BCUT2D eigenvalue weighted by Crippen LogP contribution is -2.17. The summed E-state index contributed by atoms with van der Waals surface area (Å²) in [6, 6.07) is 35.1. The van der Waals surface area contributed by atoms with Crippen LogP contribution in [0, 0.1) is 5.41 Å². The first kappa shape index (κ1) is 39.7. The first-order valence-corrected chi connectivity index (χ1v) is 19.1. The first-order chi connectivity index (χ1) is 24.3. The number of benzene rings is 4. The predicted octanol–water partition coefficient (Wildman–Crippen LogP) is 14.8. The van der Waals surface area contributed by atoms with E-state index in [9.17, 15) is 0 Å². The third-order valence-electron chi connectivity index (χ3n) is 8.31. The van der Waals surface area contributed by atoms with Crippen LogP contribution in [0.15, 0.2) is 167 Å². The van der Waals surface area contributed by atoms with Gasteiger partial charge in [-0.3, -0.25) is 0 Å². The van der Waals surface area contributed by atoms with Crippen molar-refractivity contribution in [1.82, 2.24) is 0 Å². The van der Waals surface area contributed by atoms with Gasteiger partial charge < -0.3 is 9.80 Å². The number of hydrogen-bond donors (Lipinski definition) is 0. The molecule has 4 aromatic rings. The van der Waals surface area contributed by atoms with E-state index in [4.69, 9.17) is 0 Å². The van der Waals surface area contributed by atoms with Crippen molar-refractivity contribution in [3.05, 3.63) is 184 Å². The van der Waals surface area contributed by atoms with Gasteiger partial charge in [-0.25, -0.2) is 0 Å². The van der Waals surface area contributed by atoms with Crippen LogP contribution in [-0.4, -0.2) is 6.54 Å². The molecule has 0 unspecified atom stereocenters. The molecule has 0 fully saturated rings. The van der Waals surface area contributed by atoms with Crippen LogP contribution >= 0.6 is 31.9 Å². The van der Waals surface area contributed by atoms with Crippen LogP contribution < -0.4 is 9.80 Å². The fourth-order valence-electron chi connectivity index (χ4n) is 5.74. The van der Waals surface area contributed by atoms with E-state index in [2.05, 4.69) is 236 Å². The quantitative estimate of drug-likeness (QED) is 0.124. The van der Waals surface area contributed by atoms with Gasteiger partial charge in [0.05, 0.1) is 0 Å².